The van der Waals surface area contributed by atoms with Crippen molar-refractivity contribution in [1.29, 1.82) is 0 Å². The molecule has 0 saturated carbocycles. The van der Waals surface area contributed by atoms with Gasteiger partial charge in [-0.1, -0.05) is 41.6 Å². The second-order valence-corrected chi connectivity index (χ2v) is 9.62. The van der Waals surface area contributed by atoms with E-state index in [0.29, 0.717) is 5.02 Å². The quantitative estimate of drug-likeness (QED) is 0.246. The van der Waals surface area contributed by atoms with Crippen LogP contribution in [0, 0.1) is 13.8 Å². The van der Waals surface area contributed by atoms with E-state index in [0.717, 1.165) is 47.6 Å². The van der Waals surface area contributed by atoms with Gasteiger partial charge in [0.05, 0.1) is 21.5 Å². The Balaban J connectivity index is 1.44. The molecule has 2 aromatic carbocycles. The molecular formula is C23H17ClN4OS2. The Morgan fingerprint density at radius 2 is 2.03 bits per heavy atom. The molecule has 0 spiro atoms. The minimum atomic E-state index is -0.109. The van der Waals surface area contributed by atoms with Gasteiger partial charge in [0.2, 0.25) is 5.91 Å². The Morgan fingerprint density at radius 1 is 1.16 bits per heavy atom. The van der Waals surface area contributed by atoms with Crippen LogP contribution in [0.2, 0.25) is 5.02 Å². The molecule has 1 N–H and O–H groups in total. The first-order chi connectivity index (χ1) is 15.0. The smallest absolute Gasteiger partial charge is 0.234 e. The first-order valence-electron chi connectivity index (χ1n) is 9.62. The van der Waals surface area contributed by atoms with Crippen molar-refractivity contribution in [2.45, 2.75) is 18.9 Å². The molecule has 0 atom stereocenters. The molecule has 31 heavy (non-hydrogen) atoms. The number of aromatic nitrogens is 3. The average Bonchev–Trinajstić information content (AvgIpc) is 3.12. The molecule has 0 saturated heterocycles. The number of nitrogens with zero attached hydrogens (tertiary/aromatic N) is 3. The van der Waals surface area contributed by atoms with Crippen molar-refractivity contribution in [3.63, 3.8) is 0 Å². The summed E-state index contributed by atoms with van der Waals surface area (Å²) in [6.07, 6.45) is 1.55. The maximum absolute atomic E-state index is 12.5. The zero-order valence-corrected chi connectivity index (χ0v) is 19.2. The third-order valence-electron chi connectivity index (χ3n) is 5.04. The van der Waals surface area contributed by atoms with Crippen LogP contribution in [0.25, 0.3) is 31.3 Å². The fourth-order valence-electron chi connectivity index (χ4n) is 3.41. The highest BCUT2D eigenvalue weighted by Crippen LogP contribution is 2.37. The molecule has 0 aliphatic rings. The topological polar surface area (TPSA) is 67.8 Å². The van der Waals surface area contributed by atoms with Crippen LogP contribution in [0.3, 0.4) is 0 Å². The van der Waals surface area contributed by atoms with Gasteiger partial charge in [-0.05, 0) is 49.2 Å². The van der Waals surface area contributed by atoms with Crippen LogP contribution in [0.1, 0.15) is 11.1 Å². The van der Waals surface area contributed by atoms with Crippen LogP contribution in [-0.2, 0) is 4.79 Å². The maximum atomic E-state index is 12.5. The standard InChI is InChI=1S/C23H17ClN4OS2/c1-12-6-7-14-9-15-20-21(31-22(15)28-18(14)8-12)23(26-11-25-20)30-10-19(29)27-17-5-3-4-16(24)13(17)2/h3-9,11H,10H2,1-2H3,(H,27,29). The van der Waals surface area contributed by atoms with E-state index in [2.05, 4.69) is 46.5 Å². The van der Waals surface area contributed by atoms with Crippen LogP contribution >= 0.6 is 34.7 Å². The SMILES string of the molecule is Cc1ccc2cc3c(nc2c1)sc1c(SCC(=O)Nc2cccc(Cl)c2C)ncnc13. The number of fused-ring (bicyclic) bond motifs is 4. The van der Waals surface area contributed by atoms with Crippen molar-refractivity contribution in [2.24, 2.45) is 0 Å². The van der Waals surface area contributed by atoms with Gasteiger partial charge in [0, 0.05) is 21.5 Å². The number of aryl methyl sites for hydroxylation is 1. The predicted octanol–water partition coefficient (Wildman–Crippen LogP) is 6.39. The van der Waals surface area contributed by atoms with E-state index < -0.39 is 0 Å². The van der Waals surface area contributed by atoms with Crippen LogP contribution < -0.4 is 5.32 Å². The Hall–Kier alpha value is -2.74. The molecule has 8 heteroatoms. The number of rotatable bonds is 4. The molecule has 0 unspecified atom stereocenters. The fraction of sp³-hybridized carbons (Fsp3) is 0.130. The van der Waals surface area contributed by atoms with E-state index in [1.807, 2.05) is 19.1 Å². The lowest BCUT2D eigenvalue weighted by Gasteiger charge is -2.09. The van der Waals surface area contributed by atoms with Gasteiger partial charge in [0.1, 0.15) is 16.2 Å². The number of nitrogens with one attached hydrogen (secondary N) is 1. The zero-order valence-electron chi connectivity index (χ0n) is 16.8. The van der Waals surface area contributed by atoms with Crippen LogP contribution in [-0.4, -0.2) is 26.6 Å². The van der Waals surface area contributed by atoms with Crippen LogP contribution in [0.5, 0.6) is 0 Å². The molecule has 5 rings (SSSR count). The molecule has 1 amide bonds. The predicted molar refractivity (Wildman–Crippen MR) is 131 cm³/mol. The van der Waals surface area contributed by atoms with Crippen molar-refractivity contribution in [3.8, 4) is 0 Å². The molecule has 5 aromatic rings. The summed E-state index contributed by atoms with van der Waals surface area (Å²) >= 11 is 9.10. The highest BCUT2D eigenvalue weighted by molar-refractivity contribution is 8.00. The Labute approximate surface area is 191 Å². The van der Waals surface area contributed by atoms with Gasteiger partial charge in [0.25, 0.3) is 0 Å². The van der Waals surface area contributed by atoms with E-state index in [4.69, 9.17) is 16.6 Å². The van der Waals surface area contributed by atoms with Crippen LogP contribution in [0.4, 0.5) is 5.69 Å². The summed E-state index contributed by atoms with van der Waals surface area (Å²) in [7, 11) is 0. The van der Waals surface area contributed by atoms with E-state index in [9.17, 15) is 4.79 Å². The van der Waals surface area contributed by atoms with E-state index >= 15 is 0 Å². The van der Waals surface area contributed by atoms with Gasteiger partial charge in [0.15, 0.2) is 0 Å². The lowest BCUT2D eigenvalue weighted by molar-refractivity contribution is -0.113. The summed E-state index contributed by atoms with van der Waals surface area (Å²) < 4.78 is 0.953. The van der Waals surface area contributed by atoms with Crippen molar-refractivity contribution in [2.75, 3.05) is 11.1 Å². The molecule has 3 aromatic heterocycles. The third kappa shape index (κ3) is 3.84. The zero-order chi connectivity index (χ0) is 21.5. The molecule has 0 radical (unpaired) electrons. The summed E-state index contributed by atoms with van der Waals surface area (Å²) in [4.78, 5) is 27.2. The Morgan fingerprint density at radius 3 is 2.90 bits per heavy atom. The molecule has 0 aliphatic heterocycles. The first kappa shape index (κ1) is 20.2. The first-order valence-corrected chi connectivity index (χ1v) is 11.8. The summed E-state index contributed by atoms with van der Waals surface area (Å²) in [5, 5.41) is 6.44. The second kappa shape index (κ2) is 8.07. The lowest BCUT2D eigenvalue weighted by atomic mass is 10.1. The highest BCUT2D eigenvalue weighted by Gasteiger charge is 2.15. The third-order valence-corrected chi connectivity index (χ3v) is 7.67. The maximum Gasteiger partial charge on any atom is 0.234 e. The second-order valence-electron chi connectivity index (χ2n) is 7.25. The summed E-state index contributed by atoms with van der Waals surface area (Å²) in [6, 6.07) is 13.9. The number of thioether (sulfide) groups is 1. The number of thiophene rings is 1. The number of anilines is 1. The molecule has 154 valence electrons. The van der Waals surface area contributed by atoms with Gasteiger partial charge in [-0.2, -0.15) is 0 Å². The number of halogens is 1. The molecule has 5 nitrogen and oxygen atoms in total. The highest BCUT2D eigenvalue weighted by atomic mass is 35.5. The molecule has 0 fully saturated rings. The fourth-order valence-corrected chi connectivity index (χ4v) is 5.58. The van der Waals surface area contributed by atoms with Gasteiger partial charge in [-0.3, -0.25) is 4.79 Å². The van der Waals surface area contributed by atoms with Crippen molar-refractivity contribution >= 4 is 77.6 Å². The van der Waals surface area contributed by atoms with Gasteiger partial charge >= 0.3 is 0 Å². The molecular weight excluding hydrogens is 448 g/mol. The minimum absolute atomic E-state index is 0.109. The number of amides is 1. The van der Waals surface area contributed by atoms with E-state index in [1.165, 1.54) is 17.3 Å². The summed E-state index contributed by atoms with van der Waals surface area (Å²) in [6.45, 7) is 3.95. The number of carbonyl (C=O) groups excluding carboxylic acids is 1. The number of hydrogen-bond donors (Lipinski definition) is 1. The Kier molecular flexibility index (Phi) is 5.25. The van der Waals surface area contributed by atoms with Crippen LogP contribution in [0.15, 0.2) is 53.8 Å². The molecule has 3 heterocycles. The number of pyridine rings is 1. The van der Waals surface area contributed by atoms with Gasteiger partial charge in [-0.15, -0.1) is 11.3 Å². The van der Waals surface area contributed by atoms with E-state index in [-0.39, 0.29) is 11.7 Å². The van der Waals surface area contributed by atoms with Crippen molar-refractivity contribution in [1.82, 2.24) is 15.0 Å². The number of hydrogen-bond acceptors (Lipinski definition) is 6. The van der Waals surface area contributed by atoms with Crippen molar-refractivity contribution in [3.05, 3.63) is 64.9 Å². The average molecular weight is 465 g/mol. The summed E-state index contributed by atoms with van der Waals surface area (Å²) in [5.41, 5.74) is 4.59. The van der Waals surface area contributed by atoms with Crippen molar-refractivity contribution < 1.29 is 4.79 Å². The van der Waals surface area contributed by atoms with Gasteiger partial charge in [-0.25, -0.2) is 15.0 Å². The van der Waals surface area contributed by atoms with Gasteiger partial charge < -0.3 is 5.32 Å². The monoisotopic (exact) mass is 464 g/mol. The largest absolute Gasteiger partial charge is 0.325 e. The number of carbonyl (C=O) groups is 1. The van der Waals surface area contributed by atoms with E-state index in [1.54, 1.807) is 23.7 Å². The minimum Gasteiger partial charge on any atom is -0.325 e. The Bertz CT molecular complexity index is 1480. The summed E-state index contributed by atoms with van der Waals surface area (Å²) in [5.74, 6) is 0.128. The number of benzene rings is 2. The molecule has 0 aliphatic carbocycles. The molecule has 0 bridgehead atoms. The normalized spacial score (nSPS) is 11.5. The lowest BCUT2D eigenvalue weighted by Crippen LogP contribution is -2.15.